The Labute approximate surface area is 200 Å². The molecular weight excluding hydrogens is 437 g/mol. The number of nitrogens with zero attached hydrogens (tertiary/aromatic N) is 4. The Morgan fingerprint density at radius 1 is 1.26 bits per heavy atom. The lowest BCUT2D eigenvalue weighted by atomic mass is 10.1. The minimum absolute atomic E-state index is 0.0392. The van der Waals surface area contributed by atoms with E-state index in [1.54, 1.807) is 26.4 Å². The summed E-state index contributed by atoms with van der Waals surface area (Å²) in [6.45, 7) is 2.48. The molecule has 1 N–H and O–H groups in total. The SMILES string of the molecule is CN(C)C(=O)COC[C@@H]1C[C@H](n2cc(NC(=O)c3cccc(F)c3)cn2)CN1CC1CCCC1. The summed E-state index contributed by atoms with van der Waals surface area (Å²) in [6.07, 6.45) is 9.45. The normalized spacial score (nSPS) is 21.1. The molecule has 4 rings (SSSR count). The number of ether oxygens (including phenoxy) is 1. The molecule has 2 amide bonds. The van der Waals surface area contributed by atoms with Crippen molar-refractivity contribution in [3.05, 3.63) is 48.0 Å². The molecule has 1 saturated carbocycles. The van der Waals surface area contributed by atoms with Crippen LogP contribution in [0.1, 0.15) is 48.5 Å². The average molecular weight is 472 g/mol. The van der Waals surface area contributed by atoms with E-state index >= 15 is 0 Å². The van der Waals surface area contributed by atoms with Gasteiger partial charge < -0.3 is 15.0 Å². The Morgan fingerprint density at radius 3 is 2.79 bits per heavy atom. The van der Waals surface area contributed by atoms with Crippen LogP contribution in [0.5, 0.6) is 0 Å². The molecule has 2 fully saturated rings. The lowest BCUT2D eigenvalue weighted by molar-refractivity contribution is -0.134. The fourth-order valence-corrected chi connectivity index (χ4v) is 4.92. The summed E-state index contributed by atoms with van der Waals surface area (Å²) in [4.78, 5) is 28.4. The Balaban J connectivity index is 1.38. The molecule has 0 unspecified atom stereocenters. The largest absolute Gasteiger partial charge is 0.370 e. The van der Waals surface area contributed by atoms with Gasteiger partial charge in [0, 0.05) is 45.0 Å². The van der Waals surface area contributed by atoms with Crippen LogP contribution in [0.25, 0.3) is 0 Å². The first-order valence-corrected chi connectivity index (χ1v) is 12.0. The highest BCUT2D eigenvalue weighted by molar-refractivity contribution is 6.04. The number of likely N-dealkylation sites (N-methyl/N-ethyl adjacent to an activating group) is 1. The van der Waals surface area contributed by atoms with Crippen molar-refractivity contribution in [1.82, 2.24) is 19.6 Å². The van der Waals surface area contributed by atoms with Gasteiger partial charge in [0.2, 0.25) is 5.91 Å². The van der Waals surface area contributed by atoms with Crippen LogP contribution in [-0.4, -0.2) is 77.8 Å². The second-order valence-electron chi connectivity index (χ2n) is 9.62. The van der Waals surface area contributed by atoms with Crippen molar-refractivity contribution >= 4 is 17.5 Å². The van der Waals surface area contributed by atoms with Gasteiger partial charge in [-0.25, -0.2) is 4.39 Å². The van der Waals surface area contributed by atoms with Crippen molar-refractivity contribution in [1.29, 1.82) is 0 Å². The molecule has 34 heavy (non-hydrogen) atoms. The van der Waals surface area contributed by atoms with Gasteiger partial charge >= 0.3 is 0 Å². The second-order valence-corrected chi connectivity index (χ2v) is 9.62. The number of nitrogens with one attached hydrogen (secondary N) is 1. The number of hydrogen-bond donors (Lipinski definition) is 1. The minimum Gasteiger partial charge on any atom is -0.370 e. The number of amides is 2. The molecule has 9 heteroatoms. The van der Waals surface area contributed by atoms with E-state index < -0.39 is 5.82 Å². The lowest BCUT2D eigenvalue weighted by Gasteiger charge is -2.27. The number of hydrogen-bond acceptors (Lipinski definition) is 5. The standard InChI is InChI=1S/C25H34FN5O3/c1-29(2)24(32)17-34-16-23-11-22(15-30(23)13-18-6-3-4-7-18)31-14-21(12-27-31)28-25(33)19-8-5-9-20(26)10-19/h5,8-10,12,14,18,22-23H,3-4,6-7,11,13,15-17H2,1-2H3,(H,28,33)/t22-,23-/m0/s1. The summed E-state index contributed by atoms with van der Waals surface area (Å²) >= 11 is 0. The molecule has 1 aliphatic carbocycles. The molecule has 2 heterocycles. The number of carbonyl (C=O) groups excluding carboxylic acids is 2. The molecule has 1 saturated heterocycles. The van der Waals surface area contributed by atoms with Crippen LogP contribution in [0.4, 0.5) is 10.1 Å². The van der Waals surface area contributed by atoms with Crippen molar-refractivity contribution in [3.63, 3.8) is 0 Å². The zero-order chi connectivity index (χ0) is 24.1. The van der Waals surface area contributed by atoms with Gasteiger partial charge in [0.1, 0.15) is 12.4 Å². The molecule has 1 aromatic heterocycles. The highest BCUT2D eigenvalue weighted by Crippen LogP contribution is 2.32. The first-order chi connectivity index (χ1) is 16.4. The zero-order valence-electron chi connectivity index (χ0n) is 20.0. The third kappa shape index (κ3) is 6.21. The van der Waals surface area contributed by atoms with Crippen molar-refractivity contribution < 1.29 is 18.7 Å². The number of likely N-dealkylation sites (tertiary alicyclic amines) is 1. The first-order valence-electron chi connectivity index (χ1n) is 12.0. The maximum Gasteiger partial charge on any atom is 0.255 e. The zero-order valence-corrected chi connectivity index (χ0v) is 20.0. The molecule has 8 nitrogen and oxygen atoms in total. The third-order valence-electron chi connectivity index (χ3n) is 6.83. The van der Waals surface area contributed by atoms with Gasteiger partial charge in [-0.05, 0) is 43.4 Å². The summed E-state index contributed by atoms with van der Waals surface area (Å²) in [5, 5.41) is 7.29. The van der Waals surface area contributed by atoms with Gasteiger partial charge in [0.05, 0.1) is 24.5 Å². The van der Waals surface area contributed by atoms with Crippen molar-refractivity contribution in [3.8, 4) is 0 Å². The van der Waals surface area contributed by atoms with E-state index in [1.165, 1.54) is 48.8 Å². The summed E-state index contributed by atoms with van der Waals surface area (Å²) in [5.41, 5.74) is 0.841. The van der Waals surface area contributed by atoms with Crippen LogP contribution in [0, 0.1) is 11.7 Å². The Morgan fingerprint density at radius 2 is 2.06 bits per heavy atom. The molecule has 184 valence electrons. The fourth-order valence-electron chi connectivity index (χ4n) is 4.92. The summed E-state index contributed by atoms with van der Waals surface area (Å²) in [6, 6.07) is 5.98. The highest BCUT2D eigenvalue weighted by atomic mass is 19.1. The average Bonchev–Trinajstić information content (AvgIpc) is 3.56. The predicted molar refractivity (Wildman–Crippen MR) is 127 cm³/mol. The quantitative estimate of drug-likeness (QED) is 0.608. The van der Waals surface area contributed by atoms with Crippen LogP contribution in [0.3, 0.4) is 0 Å². The van der Waals surface area contributed by atoms with Crippen LogP contribution in [0.15, 0.2) is 36.7 Å². The topological polar surface area (TPSA) is 79.7 Å². The molecule has 2 atom stereocenters. The van der Waals surface area contributed by atoms with Crippen LogP contribution >= 0.6 is 0 Å². The first kappa shape index (κ1) is 24.3. The van der Waals surface area contributed by atoms with Gasteiger partial charge in [0.25, 0.3) is 5.91 Å². The monoisotopic (exact) mass is 471 g/mol. The van der Waals surface area contributed by atoms with E-state index in [0.29, 0.717) is 18.2 Å². The molecule has 2 aliphatic rings. The van der Waals surface area contributed by atoms with E-state index in [-0.39, 0.29) is 36.1 Å². The molecule has 0 radical (unpaired) electrons. The number of carbonyl (C=O) groups is 2. The number of rotatable bonds is 9. The third-order valence-corrected chi connectivity index (χ3v) is 6.83. The van der Waals surface area contributed by atoms with Crippen LogP contribution in [-0.2, 0) is 9.53 Å². The summed E-state index contributed by atoms with van der Waals surface area (Å²) in [7, 11) is 3.46. The minimum atomic E-state index is -0.447. The molecule has 1 aromatic carbocycles. The molecule has 1 aliphatic heterocycles. The Kier molecular flexibility index (Phi) is 7.95. The fraction of sp³-hybridized carbons (Fsp3) is 0.560. The van der Waals surface area contributed by atoms with E-state index in [4.69, 9.17) is 4.74 Å². The van der Waals surface area contributed by atoms with Crippen LogP contribution in [0.2, 0.25) is 0 Å². The molecular formula is C25H34FN5O3. The smallest absolute Gasteiger partial charge is 0.255 e. The predicted octanol–water partition coefficient (Wildman–Crippen LogP) is 3.18. The van der Waals surface area contributed by atoms with Crippen LogP contribution < -0.4 is 5.32 Å². The van der Waals surface area contributed by atoms with E-state index in [9.17, 15) is 14.0 Å². The van der Waals surface area contributed by atoms with E-state index in [1.807, 2.05) is 10.9 Å². The molecule has 0 bridgehead atoms. The van der Waals surface area contributed by atoms with Gasteiger partial charge in [-0.2, -0.15) is 5.10 Å². The van der Waals surface area contributed by atoms with Gasteiger partial charge in [0.15, 0.2) is 0 Å². The summed E-state index contributed by atoms with van der Waals surface area (Å²) < 4.78 is 21.1. The highest BCUT2D eigenvalue weighted by Gasteiger charge is 2.35. The lowest BCUT2D eigenvalue weighted by Crippen LogP contribution is -2.37. The van der Waals surface area contributed by atoms with E-state index in [2.05, 4.69) is 15.3 Å². The summed E-state index contributed by atoms with van der Waals surface area (Å²) in [5.74, 6) is -0.145. The van der Waals surface area contributed by atoms with Crippen molar-refractivity contribution in [2.75, 3.05) is 45.7 Å². The van der Waals surface area contributed by atoms with Gasteiger partial charge in [-0.15, -0.1) is 0 Å². The Hall–Kier alpha value is -2.78. The van der Waals surface area contributed by atoms with Gasteiger partial charge in [-0.1, -0.05) is 18.9 Å². The Bertz CT molecular complexity index is 988. The van der Waals surface area contributed by atoms with E-state index in [0.717, 1.165) is 19.5 Å². The molecule has 2 aromatic rings. The number of aromatic nitrogens is 2. The maximum absolute atomic E-state index is 13.4. The maximum atomic E-state index is 13.4. The molecule has 0 spiro atoms. The number of anilines is 1. The number of halogens is 1. The van der Waals surface area contributed by atoms with Crippen molar-refractivity contribution in [2.45, 2.75) is 44.2 Å². The van der Waals surface area contributed by atoms with Gasteiger partial charge in [-0.3, -0.25) is 19.2 Å². The second kappa shape index (κ2) is 11.1. The van der Waals surface area contributed by atoms with Crippen molar-refractivity contribution in [2.24, 2.45) is 5.92 Å². The number of benzene rings is 1.